The van der Waals surface area contributed by atoms with Crippen LogP contribution in [0.4, 0.5) is 34.1 Å². The molecule has 61 heavy (non-hydrogen) atoms. The summed E-state index contributed by atoms with van der Waals surface area (Å²) >= 11 is 1.91. The quantitative estimate of drug-likeness (QED) is 0.143. The highest BCUT2D eigenvalue weighted by Gasteiger charge is 2.58. The van der Waals surface area contributed by atoms with Crippen molar-refractivity contribution in [3.63, 3.8) is 0 Å². The van der Waals surface area contributed by atoms with Crippen LogP contribution < -0.4 is 9.80 Å². The van der Waals surface area contributed by atoms with Crippen LogP contribution in [-0.2, 0) is 5.41 Å². The molecule has 0 atom stereocenters. The van der Waals surface area contributed by atoms with Crippen LogP contribution in [0.2, 0.25) is 0 Å². The Morgan fingerprint density at radius 2 is 0.902 bits per heavy atom. The molecule has 5 fully saturated rings. The zero-order valence-corrected chi connectivity index (χ0v) is 35.8. The summed E-state index contributed by atoms with van der Waals surface area (Å²) in [5, 5.41) is 2.66. The number of anilines is 6. The Kier molecular flexibility index (Phi) is 9.36. The van der Waals surface area contributed by atoms with E-state index in [2.05, 4.69) is 186 Å². The Morgan fingerprint density at radius 3 is 1.51 bits per heavy atom. The summed E-state index contributed by atoms with van der Waals surface area (Å²) in [4.78, 5) is 4.95. The van der Waals surface area contributed by atoms with Gasteiger partial charge in [-0.2, -0.15) is 0 Å². The molecule has 0 saturated heterocycles. The average Bonchev–Trinajstić information content (AvgIpc) is 3.71. The summed E-state index contributed by atoms with van der Waals surface area (Å²) < 4.78 is 2.67. The normalized spacial score (nSPS) is 23.4. The lowest BCUT2D eigenvalue weighted by molar-refractivity contribution is -0.0418. The highest BCUT2D eigenvalue weighted by Crippen LogP contribution is 2.65. The second-order valence-electron chi connectivity index (χ2n) is 18.8. The number of benzene rings is 7. The number of para-hydroxylation sites is 2. The summed E-state index contributed by atoms with van der Waals surface area (Å²) in [7, 11) is 0. The summed E-state index contributed by atoms with van der Waals surface area (Å²) in [5.74, 6) is 3.80. The van der Waals surface area contributed by atoms with E-state index in [1.165, 1.54) is 135 Å². The fraction of sp³-hybridized carbons (Fsp3) is 0.276. The Labute approximate surface area is 365 Å². The van der Waals surface area contributed by atoms with Gasteiger partial charge in [-0.3, -0.25) is 0 Å². The first-order chi connectivity index (χ1) is 30.2. The summed E-state index contributed by atoms with van der Waals surface area (Å²) in [5.41, 5.74) is 11.8. The van der Waals surface area contributed by atoms with E-state index in [-0.39, 0.29) is 5.41 Å². The molecule has 1 heterocycles. The van der Waals surface area contributed by atoms with E-state index in [1.54, 1.807) is 0 Å². The van der Waals surface area contributed by atoms with Crippen LogP contribution in [0.15, 0.2) is 176 Å². The molecular weight excluding hydrogens is 757 g/mol. The third-order valence-electron chi connectivity index (χ3n) is 15.5. The highest BCUT2D eigenvalue weighted by atomic mass is 32.1. The van der Waals surface area contributed by atoms with E-state index >= 15 is 0 Å². The van der Waals surface area contributed by atoms with Crippen molar-refractivity contribution in [1.29, 1.82) is 0 Å². The van der Waals surface area contributed by atoms with Gasteiger partial charge in [0.25, 0.3) is 0 Å². The Bertz CT molecular complexity index is 2750. The molecule has 7 aromatic carbocycles. The molecule has 0 aliphatic heterocycles. The monoisotopic (exact) mass is 810 g/mol. The van der Waals surface area contributed by atoms with Crippen molar-refractivity contribution in [3.05, 3.63) is 193 Å². The second kappa shape index (κ2) is 15.4. The lowest BCUT2D eigenvalue weighted by atomic mass is 9.42. The molecule has 302 valence electrons. The van der Waals surface area contributed by atoms with Crippen molar-refractivity contribution < 1.29 is 0 Å². The predicted octanol–water partition coefficient (Wildman–Crippen LogP) is 16.8. The van der Waals surface area contributed by atoms with E-state index < -0.39 is 0 Å². The van der Waals surface area contributed by atoms with Crippen LogP contribution in [0.25, 0.3) is 20.2 Å². The number of hydrogen-bond acceptors (Lipinski definition) is 3. The number of rotatable bonds is 9. The van der Waals surface area contributed by atoms with E-state index in [0.29, 0.717) is 17.8 Å². The maximum Gasteiger partial charge on any atom is 0.0640 e. The predicted molar refractivity (Wildman–Crippen MR) is 259 cm³/mol. The van der Waals surface area contributed by atoms with Crippen LogP contribution in [0, 0.1) is 23.7 Å². The third kappa shape index (κ3) is 6.34. The Morgan fingerprint density at radius 1 is 0.410 bits per heavy atom. The SMILES string of the molecule is c1ccc(N(c2ccc(C3CCCCC3)cc2)c2ccc(C3(c4ccc(N(c5ccccc5)c5cccc6c5sc5ccccc56)cc4)C4CC5CC(C4)CC3C5)cc2)cc1. The van der Waals surface area contributed by atoms with Gasteiger partial charge in [-0.25, -0.2) is 0 Å². The number of hydrogen-bond donors (Lipinski definition) is 0. The molecule has 3 heteroatoms. The average molecular weight is 811 g/mol. The van der Waals surface area contributed by atoms with Gasteiger partial charge in [0.2, 0.25) is 0 Å². The summed E-state index contributed by atoms with van der Waals surface area (Å²) in [6.07, 6.45) is 13.6. The van der Waals surface area contributed by atoms with Crippen molar-refractivity contribution in [2.45, 2.75) is 75.5 Å². The van der Waals surface area contributed by atoms with Crippen LogP contribution in [0.3, 0.4) is 0 Å². The lowest BCUT2D eigenvalue weighted by Gasteiger charge is -2.62. The van der Waals surface area contributed by atoms with Gasteiger partial charge in [0.05, 0.1) is 10.4 Å². The fourth-order valence-electron chi connectivity index (χ4n) is 13.1. The van der Waals surface area contributed by atoms with Gasteiger partial charge >= 0.3 is 0 Å². The van der Waals surface area contributed by atoms with Gasteiger partial charge in [-0.15, -0.1) is 11.3 Å². The molecule has 0 amide bonds. The Hall–Kier alpha value is -5.64. The molecule has 0 unspecified atom stereocenters. The minimum atomic E-state index is 0.00671. The molecule has 4 bridgehead atoms. The zero-order chi connectivity index (χ0) is 40.3. The van der Waals surface area contributed by atoms with Crippen molar-refractivity contribution in [2.75, 3.05) is 9.80 Å². The standard InChI is InChI=1S/C58H54N2S/c1-4-13-42(14-5-1)43-23-29-50(30-24-43)59(48-15-6-2-7-16-48)51-31-25-44(26-32-51)58(46-36-40-35-41(38-46)39-47(58)37-40)45-27-33-52(34-28-45)60(49-17-8-3-9-18-49)55-21-12-20-54-53-19-10-11-22-56(53)61-57(54)55/h2-3,6-12,15-34,40-42,46-47H,1,4-5,13-14,35-39H2. The maximum atomic E-state index is 2.52. The van der Waals surface area contributed by atoms with E-state index in [1.807, 2.05) is 11.3 Å². The van der Waals surface area contributed by atoms with Gasteiger partial charge in [-0.1, -0.05) is 122 Å². The molecule has 2 nitrogen and oxygen atoms in total. The third-order valence-corrected chi connectivity index (χ3v) is 16.7. The largest absolute Gasteiger partial charge is 0.311 e. The smallest absolute Gasteiger partial charge is 0.0640 e. The molecule has 0 spiro atoms. The lowest BCUT2D eigenvalue weighted by Crippen LogP contribution is -2.56. The zero-order valence-electron chi connectivity index (χ0n) is 35.0. The molecule has 5 aliphatic carbocycles. The molecule has 8 aromatic rings. The minimum Gasteiger partial charge on any atom is -0.311 e. The number of thiophene rings is 1. The molecule has 0 N–H and O–H groups in total. The van der Waals surface area contributed by atoms with Crippen molar-refractivity contribution in [1.82, 2.24) is 0 Å². The molecule has 13 rings (SSSR count). The molecule has 5 saturated carbocycles. The van der Waals surface area contributed by atoms with E-state index in [4.69, 9.17) is 0 Å². The molecule has 1 aromatic heterocycles. The summed E-state index contributed by atoms with van der Waals surface area (Å²) in [6, 6.07) is 67.0. The van der Waals surface area contributed by atoms with Gasteiger partial charge < -0.3 is 9.80 Å². The van der Waals surface area contributed by atoms with Crippen LogP contribution in [-0.4, -0.2) is 0 Å². The van der Waals surface area contributed by atoms with Crippen molar-refractivity contribution in [2.24, 2.45) is 23.7 Å². The van der Waals surface area contributed by atoms with Crippen LogP contribution >= 0.6 is 11.3 Å². The minimum absolute atomic E-state index is 0.00671. The number of nitrogens with zero attached hydrogens (tertiary/aromatic N) is 2. The van der Waals surface area contributed by atoms with Gasteiger partial charge in [0.1, 0.15) is 0 Å². The van der Waals surface area contributed by atoms with E-state index in [9.17, 15) is 0 Å². The number of fused-ring (bicyclic) bond motifs is 3. The van der Waals surface area contributed by atoms with E-state index in [0.717, 1.165) is 11.8 Å². The van der Waals surface area contributed by atoms with Crippen LogP contribution in [0.1, 0.15) is 86.8 Å². The van der Waals surface area contributed by atoms with Crippen LogP contribution in [0.5, 0.6) is 0 Å². The first-order valence-corrected chi connectivity index (χ1v) is 23.9. The first kappa shape index (κ1) is 37.1. The van der Waals surface area contributed by atoms with Crippen molar-refractivity contribution in [3.8, 4) is 0 Å². The molecular formula is C58H54N2S. The van der Waals surface area contributed by atoms with Gasteiger partial charge in [0, 0.05) is 49.3 Å². The topological polar surface area (TPSA) is 6.48 Å². The maximum absolute atomic E-state index is 2.52. The highest BCUT2D eigenvalue weighted by molar-refractivity contribution is 7.26. The molecule has 0 radical (unpaired) electrons. The van der Waals surface area contributed by atoms with Gasteiger partial charge in [0.15, 0.2) is 0 Å². The summed E-state index contributed by atoms with van der Waals surface area (Å²) in [6.45, 7) is 0. The van der Waals surface area contributed by atoms with Crippen molar-refractivity contribution >= 4 is 65.6 Å². The second-order valence-corrected chi connectivity index (χ2v) is 19.8. The molecule has 5 aliphatic rings. The Balaban J connectivity index is 0.943. The fourth-order valence-corrected chi connectivity index (χ4v) is 14.3. The van der Waals surface area contributed by atoms with Gasteiger partial charge in [-0.05, 0) is 164 Å². The first-order valence-electron chi connectivity index (χ1n) is 23.1.